The Kier molecular flexibility index (Phi) is 5.14. The maximum absolute atomic E-state index is 6.61. The number of hydrogen-bond acceptors (Lipinski definition) is 2. The first-order valence-corrected chi connectivity index (χ1v) is 8.65. The minimum Gasteiger partial charge on any atom is -0.370 e. The Morgan fingerprint density at radius 1 is 0.826 bits per heavy atom. The van der Waals surface area contributed by atoms with Gasteiger partial charge in [0, 0.05) is 6.42 Å². The van der Waals surface area contributed by atoms with Crippen molar-refractivity contribution in [2.24, 2.45) is 0 Å². The summed E-state index contributed by atoms with van der Waals surface area (Å²) in [6.45, 7) is 5.04. The Balaban J connectivity index is 1.92. The molecule has 0 spiro atoms. The first kappa shape index (κ1) is 16.2. The first-order valence-electron chi connectivity index (χ1n) is 8.65. The van der Waals surface area contributed by atoms with Crippen LogP contribution in [0.4, 0.5) is 0 Å². The van der Waals surface area contributed by atoms with E-state index in [0.29, 0.717) is 6.61 Å². The summed E-state index contributed by atoms with van der Waals surface area (Å²) in [4.78, 5) is 0. The molecule has 2 atom stereocenters. The van der Waals surface area contributed by atoms with E-state index in [0.717, 1.165) is 19.3 Å². The van der Waals surface area contributed by atoms with E-state index in [2.05, 4.69) is 68.4 Å². The molecule has 0 aromatic heterocycles. The Labute approximate surface area is 139 Å². The molecule has 1 heterocycles. The highest BCUT2D eigenvalue weighted by molar-refractivity contribution is 5.22. The van der Waals surface area contributed by atoms with Gasteiger partial charge in [-0.3, -0.25) is 0 Å². The van der Waals surface area contributed by atoms with Gasteiger partial charge in [0.25, 0.3) is 0 Å². The van der Waals surface area contributed by atoms with Gasteiger partial charge in [0.1, 0.15) is 0 Å². The molecule has 122 valence electrons. The summed E-state index contributed by atoms with van der Waals surface area (Å²) in [6.07, 6.45) is 2.95. The smallest absolute Gasteiger partial charge is 0.0918 e. The zero-order valence-corrected chi connectivity index (χ0v) is 14.1. The van der Waals surface area contributed by atoms with Crippen LogP contribution in [0.3, 0.4) is 0 Å². The van der Waals surface area contributed by atoms with E-state index in [9.17, 15) is 0 Å². The van der Waals surface area contributed by atoms with E-state index in [1.54, 1.807) is 0 Å². The summed E-state index contributed by atoms with van der Waals surface area (Å²) in [7, 11) is 0. The van der Waals surface area contributed by atoms with Gasteiger partial charge in [-0.25, -0.2) is 0 Å². The SMILES string of the molecule is CCC1(CC)COC(c2ccccc2)CC(c2ccccc2)O1. The molecule has 1 fully saturated rings. The molecule has 1 aliphatic rings. The molecule has 0 radical (unpaired) electrons. The molecular weight excluding hydrogens is 284 g/mol. The summed E-state index contributed by atoms with van der Waals surface area (Å²) in [5.41, 5.74) is 2.29. The van der Waals surface area contributed by atoms with Crippen molar-refractivity contribution in [3.63, 3.8) is 0 Å². The number of ether oxygens (including phenoxy) is 2. The fourth-order valence-electron chi connectivity index (χ4n) is 3.29. The van der Waals surface area contributed by atoms with Gasteiger partial charge < -0.3 is 9.47 Å². The van der Waals surface area contributed by atoms with E-state index in [4.69, 9.17) is 9.47 Å². The molecule has 0 bridgehead atoms. The topological polar surface area (TPSA) is 18.5 Å². The van der Waals surface area contributed by atoms with Crippen LogP contribution >= 0.6 is 0 Å². The standard InChI is InChI=1S/C21H26O2/c1-3-21(4-2)16-22-19(17-11-7-5-8-12-17)15-20(23-21)18-13-9-6-10-14-18/h5-14,19-20H,3-4,15-16H2,1-2H3. The highest BCUT2D eigenvalue weighted by Crippen LogP contribution is 2.41. The van der Waals surface area contributed by atoms with Crippen molar-refractivity contribution >= 4 is 0 Å². The lowest BCUT2D eigenvalue weighted by atomic mass is 9.96. The lowest BCUT2D eigenvalue weighted by molar-refractivity contribution is -0.112. The van der Waals surface area contributed by atoms with E-state index < -0.39 is 0 Å². The third-order valence-corrected chi connectivity index (χ3v) is 5.00. The predicted molar refractivity (Wildman–Crippen MR) is 93.3 cm³/mol. The second-order valence-electron chi connectivity index (χ2n) is 6.35. The van der Waals surface area contributed by atoms with Gasteiger partial charge in [0.05, 0.1) is 24.4 Å². The molecule has 2 heteroatoms. The van der Waals surface area contributed by atoms with Gasteiger partial charge in [0.2, 0.25) is 0 Å². The number of hydrogen-bond donors (Lipinski definition) is 0. The molecule has 1 aliphatic heterocycles. The lowest BCUT2D eigenvalue weighted by Crippen LogP contribution is -2.36. The van der Waals surface area contributed by atoms with Crippen molar-refractivity contribution in [1.82, 2.24) is 0 Å². The molecule has 0 amide bonds. The zero-order valence-electron chi connectivity index (χ0n) is 14.1. The molecule has 2 nitrogen and oxygen atoms in total. The predicted octanol–water partition coefficient (Wildman–Crippen LogP) is 5.46. The Morgan fingerprint density at radius 3 is 1.87 bits per heavy atom. The van der Waals surface area contributed by atoms with Crippen molar-refractivity contribution in [2.75, 3.05) is 6.61 Å². The minimum atomic E-state index is -0.190. The summed E-state index contributed by atoms with van der Waals surface area (Å²) in [5.74, 6) is 0. The van der Waals surface area contributed by atoms with E-state index in [-0.39, 0.29) is 17.8 Å². The van der Waals surface area contributed by atoms with Gasteiger partial charge in [-0.2, -0.15) is 0 Å². The van der Waals surface area contributed by atoms with Crippen molar-refractivity contribution in [3.8, 4) is 0 Å². The van der Waals surface area contributed by atoms with Crippen LogP contribution in [0.1, 0.15) is 56.4 Å². The summed E-state index contributed by atoms with van der Waals surface area (Å²) in [5, 5.41) is 0. The molecule has 0 N–H and O–H groups in total. The Hall–Kier alpha value is -1.64. The van der Waals surface area contributed by atoms with Crippen LogP contribution in [0.5, 0.6) is 0 Å². The van der Waals surface area contributed by atoms with E-state index >= 15 is 0 Å². The molecule has 0 saturated carbocycles. The van der Waals surface area contributed by atoms with E-state index in [1.807, 2.05) is 6.07 Å². The number of rotatable bonds is 4. The average Bonchev–Trinajstić information content (AvgIpc) is 2.84. The molecule has 0 aliphatic carbocycles. The monoisotopic (exact) mass is 310 g/mol. The average molecular weight is 310 g/mol. The van der Waals surface area contributed by atoms with Gasteiger partial charge >= 0.3 is 0 Å². The normalized spacial score (nSPS) is 24.1. The quantitative estimate of drug-likeness (QED) is 0.746. The largest absolute Gasteiger partial charge is 0.370 e. The molecular formula is C21H26O2. The fraction of sp³-hybridized carbons (Fsp3) is 0.429. The van der Waals surface area contributed by atoms with Crippen LogP contribution in [-0.2, 0) is 9.47 Å². The molecule has 23 heavy (non-hydrogen) atoms. The van der Waals surface area contributed by atoms with Gasteiger partial charge in [0.15, 0.2) is 0 Å². The summed E-state index contributed by atoms with van der Waals surface area (Å²) < 4.78 is 12.9. The molecule has 2 aromatic carbocycles. The van der Waals surface area contributed by atoms with Crippen LogP contribution in [0.15, 0.2) is 60.7 Å². The van der Waals surface area contributed by atoms with Crippen molar-refractivity contribution in [1.29, 1.82) is 0 Å². The lowest BCUT2D eigenvalue weighted by Gasteiger charge is -2.33. The molecule has 1 saturated heterocycles. The van der Waals surface area contributed by atoms with Gasteiger partial charge in [-0.1, -0.05) is 74.5 Å². The van der Waals surface area contributed by atoms with Crippen molar-refractivity contribution < 1.29 is 9.47 Å². The van der Waals surface area contributed by atoms with Crippen molar-refractivity contribution in [2.45, 2.75) is 50.9 Å². The van der Waals surface area contributed by atoms with Crippen LogP contribution < -0.4 is 0 Å². The highest BCUT2D eigenvalue weighted by Gasteiger charge is 2.37. The maximum Gasteiger partial charge on any atom is 0.0918 e. The second-order valence-corrected chi connectivity index (χ2v) is 6.35. The zero-order chi connectivity index (χ0) is 16.1. The van der Waals surface area contributed by atoms with Gasteiger partial charge in [-0.05, 0) is 24.0 Å². The third kappa shape index (κ3) is 3.65. The molecule has 3 rings (SSSR count). The minimum absolute atomic E-state index is 0.0730. The molecule has 2 aromatic rings. The molecule has 2 unspecified atom stereocenters. The summed E-state index contributed by atoms with van der Waals surface area (Å²) >= 11 is 0. The first-order chi connectivity index (χ1) is 11.3. The highest BCUT2D eigenvalue weighted by atomic mass is 16.6. The van der Waals surface area contributed by atoms with E-state index in [1.165, 1.54) is 11.1 Å². The maximum atomic E-state index is 6.61. The Morgan fingerprint density at radius 2 is 1.35 bits per heavy atom. The van der Waals surface area contributed by atoms with Gasteiger partial charge in [-0.15, -0.1) is 0 Å². The van der Waals surface area contributed by atoms with Crippen molar-refractivity contribution in [3.05, 3.63) is 71.8 Å². The van der Waals surface area contributed by atoms with Crippen LogP contribution in [0, 0.1) is 0 Å². The van der Waals surface area contributed by atoms with Crippen LogP contribution in [0.25, 0.3) is 0 Å². The Bertz CT molecular complexity index is 590. The van der Waals surface area contributed by atoms with Crippen LogP contribution in [-0.4, -0.2) is 12.2 Å². The third-order valence-electron chi connectivity index (χ3n) is 5.00. The fourth-order valence-corrected chi connectivity index (χ4v) is 3.29. The second kappa shape index (κ2) is 7.29. The summed E-state index contributed by atoms with van der Waals surface area (Å²) in [6, 6.07) is 21.1. The number of benzene rings is 2. The van der Waals surface area contributed by atoms with Crippen LogP contribution in [0.2, 0.25) is 0 Å².